The lowest BCUT2D eigenvalue weighted by Gasteiger charge is -2.06. The molecular formula is C18H14FNO2. The van der Waals surface area contributed by atoms with Crippen LogP contribution in [0.3, 0.4) is 0 Å². The maximum atomic E-state index is 12.8. The van der Waals surface area contributed by atoms with Gasteiger partial charge < -0.3 is 10.1 Å². The molecule has 4 heteroatoms. The van der Waals surface area contributed by atoms with E-state index in [1.54, 1.807) is 42.5 Å². The van der Waals surface area contributed by atoms with Crippen LogP contribution in [-0.2, 0) is 4.79 Å². The predicted octanol–water partition coefficient (Wildman–Crippen LogP) is 3.49. The van der Waals surface area contributed by atoms with Gasteiger partial charge in [-0.15, -0.1) is 6.42 Å². The number of anilines is 1. The highest BCUT2D eigenvalue weighted by Crippen LogP contribution is 2.17. The average molecular weight is 295 g/mol. The quantitative estimate of drug-likeness (QED) is 0.677. The van der Waals surface area contributed by atoms with Gasteiger partial charge in [-0.1, -0.05) is 24.1 Å². The third-order valence-electron chi connectivity index (χ3n) is 2.72. The number of hydrogen-bond acceptors (Lipinski definition) is 2. The highest BCUT2D eigenvalue weighted by atomic mass is 19.1. The molecule has 0 atom stereocenters. The van der Waals surface area contributed by atoms with Gasteiger partial charge in [0.2, 0.25) is 5.91 Å². The normalized spacial score (nSPS) is 10.2. The molecular weight excluding hydrogens is 281 g/mol. The summed E-state index contributed by atoms with van der Waals surface area (Å²) in [5.74, 6) is 2.35. The Labute approximate surface area is 128 Å². The summed E-state index contributed by atoms with van der Waals surface area (Å²) in [7, 11) is 0. The zero-order valence-corrected chi connectivity index (χ0v) is 11.8. The van der Waals surface area contributed by atoms with Gasteiger partial charge in [-0.25, -0.2) is 4.39 Å². The lowest BCUT2D eigenvalue weighted by atomic mass is 10.2. The summed E-state index contributed by atoms with van der Waals surface area (Å²) in [5, 5.41) is 2.71. The molecule has 0 radical (unpaired) electrons. The second kappa shape index (κ2) is 7.65. The third kappa shape index (κ3) is 4.80. The first-order valence-electron chi connectivity index (χ1n) is 6.58. The van der Waals surface area contributed by atoms with Crippen molar-refractivity contribution >= 4 is 17.7 Å². The minimum absolute atomic E-state index is 0.169. The van der Waals surface area contributed by atoms with Gasteiger partial charge in [-0.2, -0.15) is 0 Å². The molecule has 0 aliphatic carbocycles. The molecule has 0 fully saturated rings. The topological polar surface area (TPSA) is 38.3 Å². The number of benzene rings is 2. The second-order valence-corrected chi connectivity index (χ2v) is 4.39. The Kier molecular flexibility index (Phi) is 5.33. The van der Waals surface area contributed by atoms with Crippen LogP contribution >= 0.6 is 0 Å². The van der Waals surface area contributed by atoms with Crippen LogP contribution in [0, 0.1) is 18.2 Å². The molecule has 110 valence electrons. The van der Waals surface area contributed by atoms with Crippen LogP contribution in [0.15, 0.2) is 54.6 Å². The molecule has 2 rings (SSSR count). The van der Waals surface area contributed by atoms with Crippen LogP contribution < -0.4 is 10.1 Å². The number of carbonyl (C=O) groups excluding carboxylic acids is 1. The molecule has 0 saturated heterocycles. The van der Waals surface area contributed by atoms with Crippen molar-refractivity contribution in [2.45, 2.75) is 0 Å². The molecule has 0 aromatic heterocycles. The van der Waals surface area contributed by atoms with Gasteiger partial charge in [0.05, 0.1) is 0 Å². The largest absolute Gasteiger partial charge is 0.481 e. The van der Waals surface area contributed by atoms with E-state index in [0.29, 0.717) is 11.4 Å². The number of nitrogens with one attached hydrogen (secondary N) is 1. The zero-order chi connectivity index (χ0) is 15.8. The van der Waals surface area contributed by atoms with Crippen molar-refractivity contribution in [3.8, 4) is 18.1 Å². The maximum Gasteiger partial charge on any atom is 0.248 e. The number of hydrogen-bond donors (Lipinski definition) is 1. The predicted molar refractivity (Wildman–Crippen MR) is 84.8 cm³/mol. The highest BCUT2D eigenvalue weighted by molar-refractivity contribution is 6.02. The summed E-state index contributed by atoms with van der Waals surface area (Å²) >= 11 is 0. The smallest absolute Gasteiger partial charge is 0.248 e. The first-order chi connectivity index (χ1) is 10.7. The fourth-order valence-electron chi connectivity index (χ4n) is 1.72. The molecule has 3 nitrogen and oxygen atoms in total. The van der Waals surface area contributed by atoms with E-state index in [2.05, 4.69) is 11.2 Å². The van der Waals surface area contributed by atoms with Crippen molar-refractivity contribution in [2.75, 3.05) is 11.9 Å². The van der Waals surface area contributed by atoms with E-state index < -0.39 is 0 Å². The van der Waals surface area contributed by atoms with Crippen molar-refractivity contribution in [2.24, 2.45) is 0 Å². The van der Waals surface area contributed by atoms with Crippen LogP contribution in [0.4, 0.5) is 10.1 Å². The van der Waals surface area contributed by atoms with Crippen molar-refractivity contribution in [1.29, 1.82) is 0 Å². The molecule has 1 N–H and O–H groups in total. The maximum absolute atomic E-state index is 12.8. The van der Waals surface area contributed by atoms with Crippen LogP contribution in [0.1, 0.15) is 5.56 Å². The van der Waals surface area contributed by atoms with Crippen LogP contribution in [0.25, 0.3) is 6.08 Å². The number of halogens is 1. The van der Waals surface area contributed by atoms with E-state index in [1.165, 1.54) is 18.2 Å². The zero-order valence-electron chi connectivity index (χ0n) is 11.8. The van der Waals surface area contributed by atoms with Gasteiger partial charge in [0, 0.05) is 17.8 Å². The van der Waals surface area contributed by atoms with E-state index in [4.69, 9.17) is 11.2 Å². The van der Waals surface area contributed by atoms with Crippen LogP contribution in [0.5, 0.6) is 5.75 Å². The monoisotopic (exact) mass is 295 g/mol. The highest BCUT2D eigenvalue weighted by Gasteiger charge is 2.00. The Morgan fingerprint density at radius 2 is 2.05 bits per heavy atom. The summed E-state index contributed by atoms with van der Waals surface area (Å²) in [5.41, 5.74) is 1.34. The minimum atomic E-state index is -0.314. The van der Waals surface area contributed by atoms with Gasteiger partial charge in [-0.05, 0) is 35.9 Å². The van der Waals surface area contributed by atoms with E-state index in [9.17, 15) is 9.18 Å². The minimum Gasteiger partial charge on any atom is -0.481 e. The Bertz CT molecular complexity index is 715. The number of rotatable bonds is 5. The van der Waals surface area contributed by atoms with E-state index in [0.717, 1.165) is 5.56 Å². The van der Waals surface area contributed by atoms with Crippen LogP contribution in [-0.4, -0.2) is 12.5 Å². The molecule has 22 heavy (non-hydrogen) atoms. The third-order valence-corrected chi connectivity index (χ3v) is 2.72. The number of amides is 1. The van der Waals surface area contributed by atoms with Crippen molar-refractivity contribution in [3.05, 3.63) is 66.0 Å². The van der Waals surface area contributed by atoms with Gasteiger partial charge >= 0.3 is 0 Å². The summed E-state index contributed by atoms with van der Waals surface area (Å²) < 4.78 is 18.0. The number of terminal acetylenes is 1. The molecule has 0 aliphatic heterocycles. The van der Waals surface area contributed by atoms with Gasteiger partial charge in [-0.3, -0.25) is 4.79 Å². The Morgan fingerprint density at radius 1 is 1.27 bits per heavy atom. The van der Waals surface area contributed by atoms with Gasteiger partial charge in [0.1, 0.15) is 18.2 Å². The average Bonchev–Trinajstić information content (AvgIpc) is 2.53. The fourth-order valence-corrected chi connectivity index (χ4v) is 1.72. The molecule has 0 saturated carbocycles. The van der Waals surface area contributed by atoms with E-state index in [1.807, 2.05) is 0 Å². The first kappa shape index (κ1) is 15.3. The summed E-state index contributed by atoms with van der Waals surface area (Å²) in [6.07, 6.45) is 8.10. The van der Waals surface area contributed by atoms with Gasteiger partial charge in [0.15, 0.2) is 0 Å². The number of carbonyl (C=O) groups is 1. The van der Waals surface area contributed by atoms with Gasteiger partial charge in [0.25, 0.3) is 0 Å². The van der Waals surface area contributed by atoms with E-state index in [-0.39, 0.29) is 18.3 Å². The molecule has 2 aromatic carbocycles. The number of ether oxygens (including phenoxy) is 1. The lowest BCUT2D eigenvalue weighted by Crippen LogP contribution is -2.07. The first-order valence-corrected chi connectivity index (χ1v) is 6.58. The molecule has 2 aromatic rings. The Morgan fingerprint density at radius 3 is 2.77 bits per heavy atom. The summed E-state index contributed by atoms with van der Waals surface area (Å²) in [6.45, 7) is 0.169. The molecule has 0 heterocycles. The summed E-state index contributed by atoms with van der Waals surface area (Å²) in [6, 6.07) is 12.8. The van der Waals surface area contributed by atoms with E-state index >= 15 is 0 Å². The molecule has 0 aliphatic rings. The van der Waals surface area contributed by atoms with Crippen molar-refractivity contribution < 1.29 is 13.9 Å². The molecule has 0 bridgehead atoms. The second-order valence-electron chi connectivity index (χ2n) is 4.39. The Balaban J connectivity index is 1.97. The van der Waals surface area contributed by atoms with Crippen molar-refractivity contribution in [1.82, 2.24) is 0 Å². The molecule has 0 unspecified atom stereocenters. The lowest BCUT2D eigenvalue weighted by molar-refractivity contribution is -0.111. The standard InChI is InChI=1S/C18H14FNO2/c1-2-12-22-17-5-3-4-16(13-17)20-18(21)11-8-14-6-9-15(19)10-7-14/h1,3-11,13H,12H2,(H,20,21)/b11-8+. The molecule has 0 spiro atoms. The molecule has 1 amide bonds. The fraction of sp³-hybridized carbons (Fsp3) is 0.0556. The Hall–Kier alpha value is -3.06. The SMILES string of the molecule is C#CCOc1cccc(NC(=O)/C=C/c2ccc(F)cc2)c1. The van der Waals surface area contributed by atoms with Crippen molar-refractivity contribution in [3.63, 3.8) is 0 Å². The summed E-state index contributed by atoms with van der Waals surface area (Å²) in [4.78, 5) is 11.8. The van der Waals surface area contributed by atoms with Crippen LogP contribution in [0.2, 0.25) is 0 Å².